The van der Waals surface area contributed by atoms with E-state index < -0.39 is 0 Å². The van der Waals surface area contributed by atoms with Crippen LogP contribution < -0.4 is 0 Å². The van der Waals surface area contributed by atoms with Gasteiger partial charge in [-0.2, -0.15) is 12.6 Å². The number of hydrogen-bond acceptors (Lipinski definition) is 1. The fraction of sp³-hybridized carbons (Fsp3) is 0.667. The first-order valence-corrected chi connectivity index (χ1v) is 3.27. The largest absolute Gasteiger partial charge is 0.179 e. The molecule has 0 spiro atoms. The van der Waals surface area contributed by atoms with Crippen LogP contribution in [0.5, 0.6) is 0 Å². The first-order chi connectivity index (χ1) is 3.41. The number of thiol groups is 1. The molecule has 1 heteroatoms. The van der Waals surface area contributed by atoms with Crippen molar-refractivity contribution < 1.29 is 0 Å². The van der Waals surface area contributed by atoms with Gasteiger partial charge in [0.15, 0.2) is 0 Å². The van der Waals surface area contributed by atoms with Crippen molar-refractivity contribution >= 4 is 12.6 Å². The molecule has 0 saturated heterocycles. The fourth-order valence-electron chi connectivity index (χ4n) is 0.400. The summed E-state index contributed by atoms with van der Waals surface area (Å²) >= 11 is 4.06. The van der Waals surface area contributed by atoms with Gasteiger partial charge in [-0.1, -0.05) is 6.08 Å². The highest BCUT2D eigenvalue weighted by Crippen LogP contribution is 1.95. The van der Waals surface area contributed by atoms with Crippen LogP contribution in [0.4, 0.5) is 0 Å². The van der Waals surface area contributed by atoms with Gasteiger partial charge >= 0.3 is 0 Å². The zero-order valence-electron chi connectivity index (χ0n) is 4.56. The predicted octanol–water partition coefficient (Wildman–Crippen LogP) is 2.27. The summed E-state index contributed by atoms with van der Waals surface area (Å²) in [5.41, 5.74) is 0. The fourth-order valence-corrected chi connectivity index (χ4v) is 0.624. The summed E-state index contributed by atoms with van der Waals surface area (Å²) in [5.74, 6) is 1.01. The van der Waals surface area contributed by atoms with Crippen molar-refractivity contribution in [1.82, 2.24) is 0 Å². The zero-order valence-corrected chi connectivity index (χ0v) is 5.45. The highest BCUT2D eigenvalue weighted by Gasteiger charge is 1.77. The van der Waals surface area contributed by atoms with Crippen LogP contribution >= 0.6 is 12.6 Å². The lowest BCUT2D eigenvalue weighted by molar-refractivity contribution is 0.826. The Kier molecular flexibility index (Phi) is 6.17. The predicted molar refractivity (Wildman–Crippen MR) is 37.9 cm³/mol. The third-order valence-corrected chi connectivity index (χ3v) is 1.13. The van der Waals surface area contributed by atoms with Gasteiger partial charge in [0.25, 0.3) is 0 Å². The van der Waals surface area contributed by atoms with Gasteiger partial charge in [0.05, 0.1) is 0 Å². The van der Waals surface area contributed by atoms with Crippen molar-refractivity contribution in [2.75, 3.05) is 5.75 Å². The average molecular weight is 116 g/mol. The summed E-state index contributed by atoms with van der Waals surface area (Å²) in [6.45, 7) is 3.61. The lowest BCUT2D eigenvalue weighted by Crippen LogP contribution is -1.72. The van der Waals surface area contributed by atoms with Gasteiger partial charge in [-0.15, -0.1) is 6.58 Å². The standard InChI is InChI=1S/C6H12S/c1-2-3-4-5-6-7/h2,7H,1,3-6H2. The van der Waals surface area contributed by atoms with Crippen molar-refractivity contribution in [2.24, 2.45) is 0 Å². The monoisotopic (exact) mass is 116 g/mol. The van der Waals surface area contributed by atoms with Gasteiger partial charge < -0.3 is 0 Å². The first-order valence-electron chi connectivity index (χ1n) is 2.63. The van der Waals surface area contributed by atoms with Gasteiger partial charge in [0, 0.05) is 0 Å². The van der Waals surface area contributed by atoms with Gasteiger partial charge in [-0.3, -0.25) is 0 Å². The van der Waals surface area contributed by atoms with Crippen LogP contribution in [0.3, 0.4) is 0 Å². The van der Waals surface area contributed by atoms with Crippen LogP contribution in [0.1, 0.15) is 19.3 Å². The van der Waals surface area contributed by atoms with Gasteiger partial charge in [-0.25, -0.2) is 0 Å². The van der Waals surface area contributed by atoms with Crippen LogP contribution in [-0.4, -0.2) is 5.75 Å². The highest BCUT2D eigenvalue weighted by atomic mass is 32.1. The number of hydrogen-bond donors (Lipinski definition) is 1. The van der Waals surface area contributed by atoms with E-state index in [1.165, 1.54) is 12.8 Å². The summed E-state index contributed by atoms with van der Waals surface area (Å²) in [5, 5.41) is 0. The van der Waals surface area contributed by atoms with Crippen molar-refractivity contribution in [3.63, 3.8) is 0 Å². The highest BCUT2D eigenvalue weighted by molar-refractivity contribution is 7.80. The molecule has 42 valence electrons. The quantitative estimate of drug-likeness (QED) is 0.325. The molecular weight excluding hydrogens is 104 g/mol. The summed E-state index contributed by atoms with van der Waals surface area (Å²) in [7, 11) is 0. The molecule has 0 aromatic rings. The lowest BCUT2D eigenvalue weighted by atomic mass is 10.2. The SMILES string of the molecule is C=CCCCCS. The van der Waals surface area contributed by atoms with Crippen LogP contribution in [0, 0.1) is 0 Å². The van der Waals surface area contributed by atoms with Crippen molar-refractivity contribution in [3.8, 4) is 0 Å². The summed E-state index contributed by atoms with van der Waals surface area (Å²) < 4.78 is 0. The lowest BCUT2D eigenvalue weighted by Gasteiger charge is -1.87. The number of unbranched alkanes of at least 4 members (excludes halogenated alkanes) is 2. The van der Waals surface area contributed by atoms with E-state index in [9.17, 15) is 0 Å². The zero-order chi connectivity index (χ0) is 5.54. The van der Waals surface area contributed by atoms with Crippen molar-refractivity contribution in [3.05, 3.63) is 12.7 Å². The van der Waals surface area contributed by atoms with E-state index in [-0.39, 0.29) is 0 Å². The maximum Gasteiger partial charge on any atom is -0.00978 e. The molecule has 0 aromatic heterocycles. The molecule has 0 amide bonds. The molecule has 0 atom stereocenters. The van der Waals surface area contributed by atoms with Gasteiger partial charge in [0.2, 0.25) is 0 Å². The second-order valence-corrected chi connectivity index (χ2v) is 1.96. The average Bonchev–Trinajstić information content (AvgIpc) is 1.69. The molecule has 0 fully saturated rings. The number of rotatable bonds is 4. The molecule has 0 unspecified atom stereocenters. The third kappa shape index (κ3) is 6.09. The minimum Gasteiger partial charge on any atom is -0.179 e. The summed E-state index contributed by atoms with van der Waals surface area (Å²) in [4.78, 5) is 0. The van der Waals surface area contributed by atoms with E-state index in [2.05, 4.69) is 19.2 Å². The minimum absolute atomic E-state index is 1.01. The maximum atomic E-state index is 4.06. The molecular formula is C6H12S. The first kappa shape index (κ1) is 7.09. The Morgan fingerprint density at radius 1 is 1.43 bits per heavy atom. The molecule has 0 aliphatic heterocycles. The summed E-state index contributed by atoms with van der Waals surface area (Å²) in [6, 6.07) is 0. The van der Waals surface area contributed by atoms with Crippen LogP contribution in [0.15, 0.2) is 12.7 Å². The normalized spacial score (nSPS) is 8.71. The molecule has 7 heavy (non-hydrogen) atoms. The second-order valence-electron chi connectivity index (χ2n) is 1.51. The Hall–Kier alpha value is 0.0900. The van der Waals surface area contributed by atoms with Crippen molar-refractivity contribution in [1.29, 1.82) is 0 Å². The molecule has 0 heterocycles. The number of allylic oxidation sites excluding steroid dienone is 1. The topological polar surface area (TPSA) is 0 Å². The minimum atomic E-state index is 1.01. The van der Waals surface area contributed by atoms with Gasteiger partial charge in [0.1, 0.15) is 0 Å². The molecule has 0 rings (SSSR count). The van der Waals surface area contributed by atoms with E-state index in [1.54, 1.807) is 0 Å². The van der Waals surface area contributed by atoms with Gasteiger partial charge in [-0.05, 0) is 25.0 Å². The Morgan fingerprint density at radius 3 is 2.57 bits per heavy atom. The van der Waals surface area contributed by atoms with Crippen LogP contribution in [0.25, 0.3) is 0 Å². The molecule has 0 N–H and O–H groups in total. The van der Waals surface area contributed by atoms with E-state index in [4.69, 9.17) is 0 Å². The Balaban J connectivity index is 2.56. The second kappa shape index (κ2) is 6.09. The smallest absolute Gasteiger partial charge is 0.00978 e. The summed E-state index contributed by atoms with van der Waals surface area (Å²) in [6.07, 6.45) is 5.55. The molecule has 0 radical (unpaired) electrons. The Labute approximate surface area is 51.0 Å². The van der Waals surface area contributed by atoms with Crippen molar-refractivity contribution in [2.45, 2.75) is 19.3 Å². The van der Waals surface area contributed by atoms with E-state index in [1.807, 2.05) is 6.08 Å². The molecule has 0 nitrogen and oxygen atoms in total. The molecule has 0 aromatic carbocycles. The molecule has 0 saturated carbocycles. The van der Waals surface area contributed by atoms with Crippen LogP contribution in [0.2, 0.25) is 0 Å². The maximum absolute atomic E-state index is 4.06. The molecule has 0 aliphatic carbocycles. The van der Waals surface area contributed by atoms with E-state index in [0.29, 0.717) is 0 Å². The van der Waals surface area contributed by atoms with Crippen LogP contribution in [-0.2, 0) is 0 Å². The van der Waals surface area contributed by atoms with E-state index in [0.717, 1.165) is 12.2 Å². The molecule has 0 aliphatic rings. The Morgan fingerprint density at radius 2 is 2.14 bits per heavy atom. The van der Waals surface area contributed by atoms with E-state index >= 15 is 0 Å². The Bertz CT molecular complexity index is 41.4. The third-order valence-electron chi connectivity index (χ3n) is 0.816. The molecule has 0 bridgehead atoms.